The van der Waals surface area contributed by atoms with Crippen LogP contribution in [0.15, 0.2) is 48.5 Å². The minimum atomic E-state index is -2.89. The second-order valence-corrected chi connectivity index (χ2v) is 5.43. The van der Waals surface area contributed by atoms with E-state index in [1.807, 2.05) is 31.2 Å². The number of halogens is 2. The van der Waals surface area contributed by atoms with Gasteiger partial charge >= 0.3 is 6.61 Å². The van der Waals surface area contributed by atoms with E-state index in [9.17, 15) is 18.7 Å². The van der Waals surface area contributed by atoms with Gasteiger partial charge in [0.25, 0.3) is 0 Å². The minimum Gasteiger partial charge on any atom is -0.435 e. The normalized spacial score (nSPS) is 12.0. The monoisotopic (exact) mass is 335 g/mol. The number of hydrogen-bond acceptors (Lipinski definition) is 3. The number of nitrogens with one attached hydrogen (secondary N) is 1. The molecule has 2 rings (SSSR count). The van der Waals surface area contributed by atoms with Crippen LogP contribution in [0, 0.1) is 6.92 Å². The Labute approximate surface area is 139 Å². The second-order valence-electron chi connectivity index (χ2n) is 5.43. The predicted molar refractivity (Wildman–Crippen MR) is 85.9 cm³/mol. The van der Waals surface area contributed by atoms with Crippen LogP contribution >= 0.6 is 0 Å². The second kappa shape index (κ2) is 8.40. The van der Waals surface area contributed by atoms with Gasteiger partial charge in [0.2, 0.25) is 5.91 Å². The third-order valence-electron chi connectivity index (χ3n) is 3.43. The highest BCUT2D eigenvalue weighted by atomic mass is 19.3. The average molecular weight is 335 g/mol. The van der Waals surface area contributed by atoms with Crippen molar-refractivity contribution in [1.82, 2.24) is 5.32 Å². The fourth-order valence-corrected chi connectivity index (χ4v) is 2.27. The predicted octanol–water partition coefficient (Wildman–Crippen LogP) is 2.99. The van der Waals surface area contributed by atoms with Crippen LogP contribution in [0.4, 0.5) is 8.78 Å². The molecule has 24 heavy (non-hydrogen) atoms. The van der Waals surface area contributed by atoms with Crippen LogP contribution in [0.2, 0.25) is 0 Å². The van der Waals surface area contributed by atoms with E-state index in [1.165, 1.54) is 24.3 Å². The van der Waals surface area contributed by atoms with Crippen molar-refractivity contribution in [2.45, 2.75) is 26.1 Å². The molecule has 2 aromatic carbocycles. The molecule has 0 fully saturated rings. The highest BCUT2D eigenvalue weighted by Gasteiger charge is 2.11. The quantitative estimate of drug-likeness (QED) is 0.818. The first-order valence-corrected chi connectivity index (χ1v) is 7.49. The number of aliphatic hydroxyl groups excluding tert-OH is 1. The van der Waals surface area contributed by atoms with Crippen molar-refractivity contribution in [3.8, 4) is 5.75 Å². The van der Waals surface area contributed by atoms with Crippen molar-refractivity contribution in [3.05, 3.63) is 65.2 Å². The molecule has 0 aromatic heterocycles. The molecule has 128 valence electrons. The van der Waals surface area contributed by atoms with E-state index in [-0.39, 0.29) is 24.6 Å². The van der Waals surface area contributed by atoms with Gasteiger partial charge in [-0.15, -0.1) is 0 Å². The molecule has 0 spiro atoms. The molecule has 2 N–H and O–H groups in total. The third-order valence-corrected chi connectivity index (χ3v) is 3.43. The molecule has 1 amide bonds. The first-order valence-electron chi connectivity index (χ1n) is 7.49. The van der Waals surface area contributed by atoms with Gasteiger partial charge in [-0.25, -0.2) is 0 Å². The maximum Gasteiger partial charge on any atom is 0.387 e. The van der Waals surface area contributed by atoms with Gasteiger partial charge in [-0.05, 0) is 30.2 Å². The summed E-state index contributed by atoms with van der Waals surface area (Å²) < 4.78 is 28.4. The molecule has 0 saturated heterocycles. The fraction of sp³-hybridized carbons (Fsp3) is 0.278. The summed E-state index contributed by atoms with van der Waals surface area (Å²) in [6.07, 6.45) is -0.692. The highest BCUT2D eigenvalue weighted by molar-refractivity contribution is 5.78. The van der Waals surface area contributed by atoms with E-state index in [0.29, 0.717) is 5.56 Å². The van der Waals surface area contributed by atoms with Crippen molar-refractivity contribution in [1.29, 1.82) is 0 Å². The number of hydrogen-bond donors (Lipinski definition) is 2. The summed E-state index contributed by atoms with van der Waals surface area (Å²) in [6, 6.07) is 13.3. The van der Waals surface area contributed by atoms with Crippen LogP contribution in [0.25, 0.3) is 0 Å². The first kappa shape index (κ1) is 17.9. The zero-order chi connectivity index (χ0) is 17.5. The van der Waals surface area contributed by atoms with Gasteiger partial charge in [0.1, 0.15) is 5.75 Å². The summed E-state index contributed by atoms with van der Waals surface area (Å²) in [7, 11) is 0. The minimum absolute atomic E-state index is 0.0180. The Balaban J connectivity index is 1.83. The number of rotatable bonds is 7. The molecule has 0 aliphatic rings. The van der Waals surface area contributed by atoms with Crippen molar-refractivity contribution in [3.63, 3.8) is 0 Å². The summed E-state index contributed by atoms with van der Waals surface area (Å²) in [5, 5.41) is 12.7. The molecular weight excluding hydrogens is 316 g/mol. The maximum atomic E-state index is 12.1. The number of amides is 1. The number of aryl methyl sites for hydroxylation is 1. The third kappa shape index (κ3) is 5.62. The highest BCUT2D eigenvalue weighted by Crippen LogP contribution is 2.19. The Hall–Kier alpha value is -2.47. The Morgan fingerprint density at radius 1 is 1.21 bits per heavy atom. The largest absolute Gasteiger partial charge is 0.435 e. The van der Waals surface area contributed by atoms with Crippen LogP contribution in [0.3, 0.4) is 0 Å². The number of carbonyl (C=O) groups is 1. The van der Waals surface area contributed by atoms with Crippen molar-refractivity contribution < 1.29 is 23.4 Å². The number of aliphatic hydroxyl groups is 1. The van der Waals surface area contributed by atoms with Crippen LogP contribution in [0.5, 0.6) is 5.75 Å². The number of benzene rings is 2. The van der Waals surface area contributed by atoms with Crippen LogP contribution < -0.4 is 10.1 Å². The molecular formula is C18H19F2NO3. The summed E-state index contributed by atoms with van der Waals surface area (Å²) in [5.74, 6) is -0.179. The lowest BCUT2D eigenvalue weighted by Gasteiger charge is -2.13. The lowest BCUT2D eigenvalue weighted by Crippen LogP contribution is -2.29. The molecule has 0 saturated carbocycles. The van der Waals surface area contributed by atoms with E-state index in [4.69, 9.17) is 0 Å². The van der Waals surface area contributed by atoms with E-state index in [0.717, 1.165) is 11.1 Å². The maximum absolute atomic E-state index is 12.1. The van der Waals surface area contributed by atoms with Gasteiger partial charge in [-0.3, -0.25) is 4.79 Å². The fourth-order valence-electron chi connectivity index (χ4n) is 2.27. The smallest absolute Gasteiger partial charge is 0.387 e. The molecule has 1 atom stereocenters. The zero-order valence-electron chi connectivity index (χ0n) is 13.2. The summed E-state index contributed by atoms with van der Waals surface area (Å²) in [6.45, 7) is -0.895. The molecule has 0 bridgehead atoms. The van der Waals surface area contributed by atoms with E-state index in [2.05, 4.69) is 10.1 Å². The molecule has 0 aliphatic carbocycles. The number of carbonyl (C=O) groups excluding carboxylic acids is 1. The summed E-state index contributed by atoms with van der Waals surface area (Å²) in [5.41, 5.74) is 2.48. The molecule has 4 nitrogen and oxygen atoms in total. The number of alkyl halides is 2. The van der Waals surface area contributed by atoms with Crippen molar-refractivity contribution in [2.75, 3.05) is 6.54 Å². The van der Waals surface area contributed by atoms with Crippen LogP contribution in [0.1, 0.15) is 22.8 Å². The summed E-state index contributed by atoms with van der Waals surface area (Å²) in [4.78, 5) is 11.9. The zero-order valence-corrected chi connectivity index (χ0v) is 13.2. The van der Waals surface area contributed by atoms with Gasteiger partial charge < -0.3 is 15.2 Å². The van der Waals surface area contributed by atoms with Gasteiger partial charge in [0, 0.05) is 6.54 Å². The van der Waals surface area contributed by atoms with Crippen LogP contribution in [-0.2, 0) is 11.2 Å². The van der Waals surface area contributed by atoms with Crippen molar-refractivity contribution >= 4 is 5.91 Å². The Kier molecular flexibility index (Phi) is 6.26. The summed E-state index contributed by atoms with van der Waals surface area (Å²) >= 11 is 0. The van der Waals surface area contributed by atoms with Gasteiger partial charge in [0.05, 0.1) is 12.5 Å². The van der Waals surface area contributed by atoms with Crippen molar-refractivity contribution in [2.24, 2.45) is 0 Å². The van der Waals surface area contributed by atoms with E-state index < -0.39 is 12.7 Å². The molecule has 6 heteroatoms. The van der Waals surface area contributed by atoms with E-state index in [1.54, 1.807) is 0 Å². The lowest BCUT2D eigenvalue weighted by molar-refractivity contribution is -0.120. The Bertz CT molecular complexity index is 674. The SMILES string of the molecule is Cc1cccc(CC(=O)NC[C@H](O)c2ccc(OC(F)F)cc2)c1. The lowest BCUT2D eigenvalue weighted by atomic mass is 10.1. The average Bonchev–Trinajstić information content (AvgIpc) is 2.53. The van der Waals surface area contributed by atoms with E-state index >= 15 is 0 Å². The molecule has 2 aromatic rings. The van der Waals surface area contributed by atoms with Gasteiger partial charge in [-0.2, -0.15) is 8.78 Å². The Morgan fingerprint density at radius 2 is 1.92 bits per heavy atom. The van der Waals surface area contributed by atoms with Gasteiger partial charge in [0.15, 0.2) is 0 Å². The topological polar surface area (TPSA) is 58.6 Å². The molecule has 0 aliphatic heterocycles. The number of ether oxygens (including phenoxy) is 1. The molecule has 0 heterocycles. The van der Waals surface area contributed by atoms with Crippen LogP contribution in [-0.4, -0.2) is 24.2 Å². The molecule has 0 radical (unpaired) electrons. The molecule has 0 unspecified atom stereocenters. The Morgan fingerprint density at radius 3 is 2.54 bits per heavy atom. The standard InChI is InChI=1S/C18H19F2NO3/c1-12-3-2-4-13(9-12)10-17(23)21-11-16(22)14-5-7-15(8-6-14)24-18(19)20/h2-9,16,18,22H,10-11H2,1H3,(H,21,23)/t16-/m0/s1. The van der Waals surface area contributed by atoms with Gasteiger partial charge in [-0.1, -0.05) is 42.0 Å². The first-order chi connectivity index (χ1) is 11.4.